The van der Waals surface area contributed by atoms with Crippen molar-refractivity contribution in [2.75, 3.05) is 7.11 Å². The zero-order chi connectivity index (χ0) is 15.2. The van der Waals surface area contributed by atoms with Gasteiger partial charge in [-0.2, -0.15) is 5.10 Å². The van der Waals surface area contributed by atoms with Crippen LogP contribution in [0.25, 0.3) is 0 Å². The minimum Gasteiger partial charge on any atom is -0.388 e. The van der Waals surface area contributed by atoms with Gasteiger partial charge in [-0.05, 0) is 17.0 Å². The molecule has 0 aliphatic heterocycles. The van der Waals surface area contributed by atoms with Gasteiger partial charge in [-0.3, -0.25) is 0 Å². The van der Waals surface area contributed by atoms with Crippen LogP contribution in [0.1, 0.15) is 36.9 Å². The van der Waals surface area contributed by atoms with Crippen LogP contribution in [0.15, 0.2) is 30.6 Å². The molecule has 0 fully saturated rings. The van der Waals surface area contributed by atoms with E-state index in [4.69, 9.17) is 4.74 Å². The highest BCUT2D eigenvalue weighted by molar-refractivity contribution is 5.29. The first-order chi connectivity index (χ1) is 10.1. The van der Waals surface area contributed by atoms with Crippen LogP contribution < -0.4 is 0 Å². The Labute approximate surface area is 125 Å². The van der Waals surface area contributed by atoms with Gasteiger partial charge in [-0.25, -0.2) is 9.67 Å². The number of rotatable bonds is 7. The fourth-order valence-electron chi connectivity index (χ4n) is 2.37. The predicted octanol–water partition coefficient (Wildman–Crippen LogP) is 2.36. The highest BCUT2D eigenvalue weighted by Gasteiger charge is 2.16. The SMILES string of the molecule is COCc1ccccc1C(O)Cc1ncnn1CC(C)C. The molecule has 1 heterocycles. The average molecular weight is 289 g/mol. The molecule has 0 aliphatic carbocycles. The third-order valence-corrected chi connectivity index (χ3v) is 3.32. The summed E-state index contributed by atoms with van der Waals surface area (Å²) in [6, 6.07) is 7.78. The lowest BCUT2D eigenvalue weighted by molar-refractivity contribution is 0.158. The number of ether oxygens (including phenoxy) is 1. The van der Waals surface area contributed by atoms with Crippen molar-refractivity contribution in [2.24, 2.45) is 5.92 Å². The molecule has 2 aromatic rings. The zero-order valence-electron chi connectivity index (χ0n) is 12.9. The molecule has 0 radical (unpaired) electrons. The second-order valence-electron chi connectivity index (χ2n) is 5.60. The number of benzene rings is 1. The number of nitrogens with zero attached hydrogens (tertiary/aromatic N) is 3. The van der Waals surface area contributed by atoms with Gasteiger partial charge in [0.05, 0.1) is 12.7 Å². The third-order valence-electron chi connectivity index (χ3n) is 3.32. The highest BCUT2D eigenvalue weighted by atomic mass is 16.5. The van der Waals surface area contributed by atoms with Crippen LogP contribution in [-0.4, -0.2) is 27.0 Å². The molecule has 5 heteroatoms. The van der Waals surface area contributed by atoms with Crippen molar-refractivity contribution in [2.45, 2.75) is 39.5 Å². The van der Waals surface area contributed by atoms with E-state index in [1.165, 1.54) is 0 Å². The lowest BCUT2D eigenvalue weighted by Crippen LogP contribution is -2.14. The van der Waals surface area contributed by atoms with Crippen LogP contribution in [0, 0.1) is 5.92 Å². The topological polar surface area (TPSA) is 60.2 Å². The van der Waals surface area contributed by atoms with Crippen molar-refractivity contribution < 1.29 is 9.84 Å². The molecule has 1 aromatic carbocycles. The van der Waals surface area contributed by atoms with Gasteiger partial charge in [0.2, 0.25) is 0 Å². The Bertz CT molecular complexity index is 566. The molecular weight excluding hydrogens is 266 g/mol. The molecule has 1 atom stereocenters. The lowest BCUT2D eigenvalue weighted by Gasteiger charge is -2.16. The van der Waals surface area contributed by atoms with Gasteiger partial charge in [0.25, 0.3) is 0 Å². The Morgan fingerprint density at radius 1 is 1.29 bits per heavy atom. The second-order valence-corrected chi connectivity index (χ2v) is 5.60. The molecule has 0 amide bonds. The molecule has 0 spiro atoms. The summed E-state index contributed by atoms with van der Waals surface area (Å²) in [5.41, 5.74) is 1.89. The molecule has 2 rings (SSSR count). The van der Waals surface area contributed by atoms with Gasteiger partial charge in [-0.1, -0.05) is 38.1 Å². The second kappa shape index (κ2) is 7.33. The summed E-state index contributed by atoms with van der Waals surface area (Å²) >= 11 is 0. The number of hydrogen-bond acceptors (Lipinski definition) is 4. The molecule has 1 aromatic heterocycles. The minimum atomic E-state index is -0.605. The Morgan fingerprint density at radius 3 is 2.76 bits per heavy atom. The number of aliphatic hydroxyl groups is 1. The average Bonchev–Trinajstić information content (AvgIpc) is 2.86. The van der Waals surface area contributed by atoms with Crippen LogP contribution in [0.3, 0.4) is 0 Å². The third kappa shape index (κ3) is 4.12. The zero-order valence-corrected chi connectivity index (χ0v) is 12.9. The molecule has 0 saturated carbocycles. The number of methoxy groups -OCH3 is 1. The molecule has 5 nitrogen and oxygen atoms in total. The predicted molar refractivity (Wildman–Crippen MR) is 80.7 cm³/mol. The van der Waals surface area contributed by atoms with Gasteiger partial charge < -0.3 is 9.84 Å². The summed E-state index contributed by atoms with van der Waals surface area (Å²) in [5.74, 6) is 1.30. The van der Waals surface area contributed by atoms with E-state index >= 15 is 0 Å². The molecule has 1 N–H and O–H groups in total. The molecule has 1 unspecified atom stereocenters. The van der Waals surface area contributed by atoms with E-state index < -0.39 is 6.10 Å². The molecular formula is C16H23N3O2. The lowest BCUT2D eigenvalue weighted by atomic mass is 10.0. The van der Waals surface area contributed by atoms with Crippen LogP contribution in [0.5, 0.6) is 0 Å². The summed E-state index contributed by atoms with van der Waals surface area (Å²) in [6.45, 7) is 5.57. The standard InChI is InChI=1S/C16H23N3O2/c1-12(2)9-19-16(17-11-18-19)8-15(20)14-7-5-4-6-13(14)10-21-3/h4-7,11-12,15,20H,8-10H2,1-3H3. The smallest absolute Gasteiger partial charge is 0.138 e. The van der Waals surface area contributed by atoms with Gasteiger partial charge in [0.15, 0.2) is 0 Å². The van der Waals surface area contributed by atoms with Gasteiger partial charge in [0.1, 0.15) is 12.2 Å². The van der Waals surface area contributed by atoms with Crippen LogP contribution in [-0.2, 0) is 24.3 Å². The minimum absolute atomic E-state index is 0.452. The van der Waals surface area contributed by atoms with Crippen molar-refractivity contribution in [3.63, 3.8) is 0 Å². The van der Waals surface area contributed by atoms with Crippen LogP contribution >= 0.6 is 0 Å². The van der Waals surface area contributed by atoms with E-state index in [0.29, 0.717) is 18.9 Å². The Balaban J connectivity index is 2.15. The maximum absolute atomic E-state index is 10.5. The first-order valence-corrected chi connectivity index (χ1v) is 7.23. The monoisotopic (exact) mass is 289 g/mol. The van der Waals surface area contributed by atoms with Crippen LogP contribution in [0.4, 0.5) is 0 Å². The van der Waals surface area contributed by atoms with E-state index in [2.05, 4.69) is 23.9 Å². The van der Waals surface area contributed by atoms with Crippen molar-refractivity contribution in [3.8, 4) is 0 Å². The maximum Gasteiger partial charge on any atom is 0.138 e. The number of hydrogen-bond donors (Lipinski definition) is 1. The Kier molecular flexibility index (Phi) is 5.47. The fourth-order valence-corrected chi connectivity index (χ4v) is 2.37. The largest absolute Gasteiger partial charge is 0.388 e. The van der Waals surface area contributed by atoms with E-state index in [-0.39, 0.29) is 0 Å². The molecule has 0 aliphatic rings. The highest BCUT2D eigenvalue weighted by Crippen LogP contribution is 2.22. The van der Waals surface area contributed by atoms with E-state index in [0.717, 1.165) is 23.5 Å². The first-order valence-electron chi connectivity index (χ1n) is 7.23. The van der Waals surface area contributed by atoms with Gasteiger partial charge in [0, 0.05) is 20.1 Å². The number of aromatic nitrogens is 3. The quantitative estimate of drug-likeness (QED) is 0.850. The van der Waals surface area contributed by atoms with Crippen molar-refractivity contribution in [3.05, 3.63) is 47.5 Å². The summed E-state index contributed by atoms with van der Waals surface area (Å²) < 4.78 is 7.05. The van der Waals surface area contributed by atoms with Crippen molar-refractivity contribution in [1.82, 2.24) is 14.8 Å². The van der Waals surface area contributed by atoms with Gasteiger partial charge >= 0.3 is 0 Å². The van der Waals surface area contributed by atoms with E-state index in [1.807, 2.05) is 28.9 Å². The first kappa shape index (κ1) is 15.7. The molecule has 21 heavy (non-hydrogen) atoms. The van der Waals surface area contributed by atoms with Crippen molar-refractivity contribution in [1.29, 1.82) is 0 Å². The summed E-state index contributed by atoms with van der Waals surface area (Å²) in [4.78, 5) is 4.27. The molecule has 0 bridgehead atoms. The van der Waals surface area contributed by atoms with Crippen molar-refractivity contribution >= 4 is 0 Å². The number of aliphatic hydroxyl groups excluding tert-OH is 1. The van der Waals surface area contributed by atoms with Crippen LogP contribution in [0.2, 0.25) is 0 Å². The normalized spacial score (nSPS) is 12.8. The summed E-state index contributed by atoms with van der Waals surface area (Å²) in [6.07, 6.45) is 1.39. The molecule has 0 saturated heterocycles. The molecule has 114 valence electrons. The summed E-state index contributed by atoms with van der Waals surface area (Å²) in [5, 5.41) is 14.8. The summed E-state index contributed by atoms with van der Waals surface area (Å²) in [7, 11) is 1.66. The van der Waals surface area contributed by atoms with E-state index in [1.54, 1.807) is 13.4 Å². The Morgan fingerprint density at radius 2 is 2.05 bits per heavy atom. The Hall–Kier alpha value is -1.72. The van der Waals surface area contributed by atoms with E-state index in [9.17, 15) is 5.11 Å². The maximum atomic E-state index is 10.5. The van der Waals surface area contributed by atoms with Gasteiger partial charge in [-0.15, -0.1) is 0 Å². The fraction of sp³-hybridized carbons (Fsp3) is 0.500.